The van der Waals surface area contributed by atoms with E-state index in [9.17, 15) is 0 Å². The van der Waals surface area contributed by atoms with Crippen LogP contribution in [0.4, 0.5) is 0 Å². The summed E-state index contributed by atoms with van der Waals surface area (Å²) in [5.74, 6) is 1.13. The van der Waals surface area contributed by atoms with Gasteiger partial charge in [-0.05, 0) is 19.1 Å². The molecule has 0 saturated carbocycles. The maximum Gasteiger partial charge on any atom is 0.226 e. The molecule has 2 rings (SSSR count). The molecule has 0 unspecified atom stereocenters. The Morgan fingerprint density at radius 2 is 2.08 bits per heavy atom. The van der Waals surface area contributed by atoms with Crippen LogP contribution in [0.5, 0.6) is 0 Å². The number of hydrogen-bond donors (Lipinski definition) is 0. The topological polar surface area (TPSA) is 51.8 Å². The molecule has 0 fully saturated rings. The second-order valence-corrected chi connectivity index (χ2v) is 2.50. The molecule has 2 aromatic rings. The van der Waals surface area contributed by atoms with Crippen molar-refractivity contribution in [2.45, 2.75) is 6.42 Å². The summed E-state index contributed by atoms with van der Waals surface area (Å²) in [6.45, 7) is 3.65. The summed E-state index contributed by atoms with van der Waals surface area (Å²) in [6.07, 6.45) is 3.89. The van der Waals surface area contributed by atoms with Gasteiger partial charge in [-0.2, -0.15) is 4.98 Å². The Labute approximate surface area is 75.6 Å². The van der Waals surface area contributed by atoms with E-state index in [-0.39, 0.29) is 0 Å². The quantitative estimate of drug-likeness (QED) is 0.692. The minimum Gasteiger partial charge on any atom is -0.339 e. The van der Waals surface area contributed by atoms with Crippen LogP contribution < -0.4 is 0 Å². The molecule has 0 N–H and O–H groups in total. The molecule has 65 valence electrons. The van der Waals surface area contributed by atoms with Crippen LogP contribution in [0.15, 0.2) is 29.0 Å². The van der Waals surface area contributed by atoms with Gasteiger partial charge in [0.25, 0.3) is 0 Å². The number of rotatable bonds is 2. The van der Waals surface area contributed by atoms with Crippen molar-refractivity contribution in [1.82, 2.24) is 15.1 Å². The van der Waals surface area contributed by atoms with Crippen molar-refractivity contribution in [3.63, 3.8) is 0 Å². The Kier molecular flexibility index (Phi) is 2.04. The van der Waals surface area contributed by atoms with E-state index in [2.05, 4.69) is 22.0 Å². The zero-order chi connectivity index (χ0) is 9.10. The lowest BCUT2D eigenvalue weighted by Gasteiger charge is -1.89. The lowest BCUT2D eigenvalue weighted by atomic mass is 10.2. The number of aromatic nitrogens is 3. The van der Waals surface area contributed by atoms with Gasteiger partial charge < -0.3 is 4.52 Å². The van der Waals surface area contributed by atoms with Gasteiger partial charge in [-0.15, -0.1) is 0 Å². The van der Waals surface area contributed by atoms with Crippen LogP contribution in [0.2, 0.25) is 0 Å². The molecule has 2 heterocycles. The Bertz CT molecular complexity index is 383. The molecule has 0 aromatic carbocycles. The van der Waals surface area contributed by atoms with Gasteiger partial charge in [0.15, 0.2) is 0 Å². The van der Waals surface area contributed by atoms with Gasteiger partial charge >= 0.3 is 0 Å². The molecule has 4 nitrogen and oxygen atoms in total. The molecule has 13 heavy (non-hydrogen) atoms. The number of hydrogen-bond acceptors (Lipinski definition) is 4. The highest BCUT2D eigenvalue weighted by molar-refractivity contribution is 5.52. The van der Waals surface area contributed by atoms with Crippen molar-refractivity contribution in [2.24, 2.45) is 0 Å². The summed E-state index contributed by atoms with van der Waals surface area (Å²) in [5.41, 5.74) is 0.901. The van der Waals surface area contributed by atoms with Gasteiger partial charge in [-0.25, -0.2) is 0 Å². The molecule has 0 atom stereocenters. The predicted octanol–water partition coefficient (Wildman–Crippen LogP) is 1.51. The van der Waals surface area contributed by atoms with Crippen LogP contribution in [-0.4, -0.2) is 15.1 Å². The lowest BCUT2D eigenvalue weighted by molar-refractivity contribution is 0.386. The molecule has 2 aromatic heterocycles. The third kappa shape index (κ3) is 1.56. The lowest BCUT2D eigenvalue weighted by Crippen LogP contribution is -1.82. The smallest absolute Gasteiger partial charge is 0.226 e. The van der Waals surface area contributed by atoms with E-state index in [1.165, 1.54) is 0 Å². The van der Waals surface area contributed by atoms with E-state index in [4.69, 9.17) is 4.52 Å². The van der Waals surface area contributed by atoms with Gasteiger partial charge in [-0.3, -0.25) is 4.98 Å². The summed E-state index contributed by atoms with van der Waals surface area (Å²) >= 11 is 0. The minimum absolute atomic E-state index is 0.512. The first-order valence-electron chi connectivity index (χ1n) is 3.92. The Morgan fingerprint density at radius 3 is 2.69 bits per heavy atom. The maximum atomic E-state index is 4.92. The number of pyridine rings is 1. The fourth-order valence-electron chi connectivity index (χ4n) is 0.975. The van der Waals surface area contributed by atoms with E-state index in [0.717, 1.165) is 5.56 Å². The van der Waals surface area contributed by atoms with Gasteiger partial charge in [0, 0.05) is 24.4 Å². The van der Waals surface area contributed by atoms with Crippen LogP contribution >= 0.6 is 0 Å². The van der Waals surface area contributed by atoms with Crippen LogP contribution in [0.25, 0.3) is 11.4 Å². The molecule has 0 bridgehead atoms. The number of nitrogens with zero attached hydrogens (tertiary/aromatic N) is 3. The van der Waals surface area contributed by atoms with Crippen molar-refractivity contribution in [2.75, 3.05) is 0 Å². The summed E-state index contributed by atoms with van der Waals surface area (Å²) in [6, 6.07) is 3.66. The van der Waals surface area contributed by atoms with Gasteiger partial charge in [0.2, 0.25) is 11.7 Å². The zero-order valence-corrected chi connectivity index (χ0v) is 6.97. The molecule has 0 aliphatic rings. The maximum absolute atomic E-state index is 4.92. The van der Waals surface area contributed by atoms with Crippen LogP contribution in [0.3, 0.4) is 0 Å². The van der Waals surface area contributed by atoms with Gasteiger partial charge in [0.05, 0.1) is 0 Å². The van der Waals surface area contributed by atoms with Crippen molar-refractivity contribution in [3.8, 4) is 11.4 Å². The highest BCUT2D eigenvalue weighted by atomic mass is 16.5. The SMILES string of the molecule is [CH2]Cc1nc(-c2ccncc2)no1. The van der Waals surface area contributed by atoms with Crippen molar-refractivity contribution in [3.05, 3.63) is 37.3 Å². The van der Waals surface area contributed by atoms with Gasteiger partial charge in [-0.1, -0.05) is 5.16 Å². The molecule has 0 aliphatic carbocycles. The predicted molar refractivity (Wildman–Crippen MR) is 46.6 cm³/mol. The fraction of sp³-hybridized carbons (Fsp3) is 0.111. The van der Waals surface area contributed by atoms with Gasteiger partial charge in [0.1, 0.15) is 0 Å². The first-order chi connectivity index (χ1) is 6.40. The molecule has 0 spiro atoms. The Morgan fingerprint density at radius 1 is 1.31 bits per heavy atom. The summed E-state index contributed by atoms with van der Waals surface area (Å²) in [4.78, 5) is 8.03. The first-order valence-corrected chi connectivity index (χ1v) is 3.92. The van der Waals surface area contributed by atoms with E-state index in [1.807, 2.05) is 12.1 Å². The molecule has 0 saturated heterocycles. The van der Waals surface area contributed by atoms with Crippen molar-refractivity contribution >= 4 is 0 Å². The largest absolute Gasteiger partial charge is 0.339 e. The average molecular weight is 174 g/mol. The third-order valence-electron chi connectivity index (χ3n) is 1.62. The zero-order valence-electron chi connectivity index (χ0n) is 6.97. The first kappa shape index (κ1) is 7.91. The Balaban J connectivity index is 2.36. The third-order valence-corrected chi connectivity index (χ3v) is 1.62. The molecular formula is C9H8N3O. The van der Waals surface area contributed by atoms with E-state index in [1.54, 1.807) is 12.4 Å². The standard InChI is InChI=1S/C9H8N3O/c1-2-8-11-9(12-13-8)7-3-5-10-6-4-7/h3-6H,1-2H2. The summed E-state index contributed by atoms with van der Waals surface area (Å²) < 4.78 is 4.92. The summed E-state index contributed by atoms with van der Waals surface area (Å²) in [5, 5.41) is 3.80. The normalized spacial score (nSPS) is 10.2. The molecule has 1 radical (unpaired) electrons. The van der Waals surface area contributed by atoms with E-state index < -0.39 is 0 Å². The van der Waals surface area contributed by atoms with Crippen molar-refractivity contribution in [1.29, 1.82) is 0 Å². The van der Waals surface area contributed by atoms with Crippen LogP contribution in [0.1, 0.15) is 5.89 Å². The Hall–Kier alpha value is -1.71. The summed E-state index contributed by atoms with van der Waals surface area (Å²) in [7, 11) is 0. The molecule has 4 heteroatoms. The molecule has 0 aliphatic heterocycles. The van der Waals surface area contributed by atoms with E-state index in [0.29, 0.717) is 18.1 Å². The highest BCUT2D eigenvalue weighted by Crippen LogP contribution is 2.13. The molecular weight excluding hydrogens is 166 g/mol. The highest BCUT2D eigenvalue weighted by Gasteiger charge is 2.05. The van der Waals surface area contributed by atoms with Crippen LogP contribution in [0, 0.1) is 6.92 Å². The fourth-order valence-corrected chi connectivity index (χ4v) is 0.975. The average Bonchev–Trinajstić information content (AvgIpc) is 2.67. The van der Waals surface area contributed by atoms with Crippen LogP contribution in [-0.2, 0) is 6.42 Å². The van der Waals surface area contributed by atoms with Crippen molar-refractivity contribution < 1.29 is 4.52 Å². The minimum atomic E-state index is 0.512. The second kappa shape index (κ2) is 3.35. The van der Waals surface area contributed by atoms with E-state index >= 15 is 0 Å². The second-order valence-electron chi connectivity index (χ2n) is 2.50. The molecule has 0 amide bonds. The monoisotopic (exact) mass is 174 g/mol.